The molecule has 0 radical (unpaired) electrons. The number of carbonyl (C=O) groups is 2. The molecule has 132 valence electrons. The average molecular weight is 340 g/mol. The Balaban J connectivity index is 1.62. The monoisotopic (exact) mass is 340 g/mol. The van der Waals surface area contributed by atoms with Crippen LogP contribution in [0.15, 0.2) is 30.3 Å². The standard InChI is InChI=1S/C19H24N4O2/c1-12-10-13(2)23(22-12)15-8-6-14(7-9-15)11-18(24)21-17-5-3-4-16(17)19(20)25/h6-10,16-17H,3-5,11H2,1-2H3,(H2,20,25)(H,21,24)/t16-,17+/m1/s1. The van der Waals surface area contributed by atoms with Gasteiger partial charge in [0.1, 0.15) is 0 Å². The highest BCUT2D eigenvalue weighted by Crippen LogP contribution is 2.25. The lowest BCUT2D eigenvalue weighted by atomic mass is 10.0. The highest BCUT2D eigenvalue weighted by Gasteiger charge is 2.32. The Morgan fingerprint density at radius 1 is 1.24 bits per heavy atom. The Morgan fingerprint density at radius 3 is 2.56 bits per heavy atom. The molecule has 0 spiro atoms. The molecule has 1 aliphatic carbocycles. The van der Waals surface area contributed by atoms with Crippen molar-refractivity contribution >= 4 is 11.8 Å². The van der Waals surface area contributed by atoms with Crippen molar-refractivity contribution in [3.63, 3.8) is 0 Å². The van der Waals surface area contributed by atoms with Crippen LogP contribution in [-0.4, -0.2) is 27.6 Å². The maximum atomic E-state index is 12.3. The van der Waals surface area contributed by atoms with Gasteiger partial charge in [0.2, 0.25) is 11.8 Å². The van der Waals surface area contributed by atoms with E-state index in [1.54, 1.807) is 0 Å². The fourth-order valence-corrected chi connectivity index (χ4v) is 3.56. The fraction of sp³-hybridized carbons (Fsp3) is 0.421. The molecule has 3 N–H and O–H groups in total. The van der Waals surface area contributed by atoms with E-state index in [1.807, 2.05) is 48.9 Å². The molecule has 6 heteroatoms. The number of hydrogen-bond donors (Lipinski definition) is 2. The third-order valence-corrected chi connectivity index (χ3v) is 4.78. The molecule has 2 atom stereocenters. The number of rotatable bonds is 5. The minimum absolute atomic E-state index is 0.0722. The minimum atomic E-state index is -0.322. The van der Waals surface area contributed by atoms with Gasteiger partial charge in [-0.3, -0.25) is 9.59 Å². The topological polar surface area (TPSA) is 90.0 Å². The Kier molecular flexibility index (Phi) is 4.88. The van der Waals surface area contributed by atoms with Crippen molar-refractivity contribution < 1.29 is 9.59 Å². The van der Waals surface area contributed by atoms with Crippen LogP contribution in [0.2, 0.25) is 0 Å². The zero-order chi connectivity index (χ0) is 18.0. The van der Waals surface area contributed by atoms with Crippen molar-refractivity contribution in [1.82, 2.24) is 15.1 Å². The molecule has 3 rings (SSSR count). The minimum Gasteiger partial charge on any atom is -0.369 e. The molecule has 25 heavy (non-hydrogen) atoms. The van der Waals surface area contributed by atoms with Crippen LogP contribution in [0.5, 0.6) is 0 Å². The second-order valence-corrected chi connectivity index (χ2v) is 6.80. The summed E-state index contributed by atoms with van der Waals surface area (Å²) in [6, 6.07) is 9.70. The first-order valence-electron chi connectivity index (χ1n) is 8.65. The molecule has 0 saturated heterocycles. The number of nitrogens with zero attached hydrogens (tertiary/aromatic N) is 2. The number of aromatic nitrogens is 2. The van der Waals surface area contributed by atoms with E-state index in [4.69, 9.17) is 5.73 Å². The summed E-state index contributed by atoms with van der Waals surface area (Å²) in [6.45, 7) is 3.97. The van der Waals surface area contributed by atoms with Crippen molar-refractivity contribution in [3.8, 4) is 5.69 Å². The van der Waals surface area contributed by atoms with Crippen LogP contribution in [0.3, 0.4) is 0 Å². The summed E-state index contributed by atoms with van der Waals surface area (Å²) in [5.74, 6) is -0.633. The molecule has 1 aliphatic rings. The molecule has 0 bridgehead atoms. The number of carbonyl (C=O) groups excluding carboxylic acids is 2. The number of benzene rings is 1. The summed E-state index contributed by atoms with van der Waals surface area (Å²) >= 11 is 0. The number of nitrogens with one attached hydrogen (secondary N) is 1. The number of nitrogens with two attached hydrogens (primary N) is 1. The molecule has 1 aromatic carbocycles. The third-order valence-electron chi connectivity index (χ3n) is 4.78. The molecule has 6 nitrogen and oxygen atoms in total. The number of aryl methyl sites for hydroxylation is 2. The van der Waals surface area contributed by atoms with Crippen LogP contribution < -0.4 is 11.1 Å². The van der Waals surface area contributed by atoms with Gasteiger partial charge >= 0.3 is 0 Å². The zero-order valence-corrected chi connectivity index (χ0v) is 14.7. The predicted molar refractivity (Wildman–Crippen MR) is 95.2 cm³/mol. The first kappa shape index (κ1) is 17.2. The van der Waals surface area contributed by atoms with Gasteiger partial charge in [0.05, 0.1) is 23.7 Å². The van der Waals surface area contributed by atoms with E-state index in [1.165, 1.54) is 0 Å². The van der Waals surface area contributed by atoms with Gasteiger partial charge in [-0.15, -0.1) is 0 Å². The van der Waals surface area contributed by atoms with Gasteiger partial charge in [-0.2, -0.15) is 5.10 Å². The van der Waals surface area contributed by atoms with Gasteiger partial charge in [0.25, 0.3) is 0 Å². The molecule has 1 saturated carbocycles. The highest BCUT2D eigenvalue weighted by atomic mass is 16.2. The zero-order valence-electron chi connectivity index (χ0n) is 14.7. The van der Waals surface area contributed by atoms with Crippen LogP contribution in [0.1, 0.15) is 36.2 Å². The Bertz CT molecular complexity index is 779. The first-order valence-corrected chi connectivity index (χ1v) is 8.65. The molecular formula is C19H24N4O2. The van der Waals surface area contributed by atoms with E-state index in [-0.39, 0.29) is 23.8 Å². The van der Waals surface area contributed by atoms with Crippen molar-refractivity contribution in [2.45, 2.75) is 45.6 Å². The lowest BCUT2D eigenvalue weighted by Crippen LogP contribution is -2.42. The molecular weight excluding hydrogens is 316 g/mol. The molecule has 0 aliphatic heterocycles. The van der Waals surface area contributed by atoms with Gasteiger partial charge in [-0.1, -0.05) is 18.6 Å². The quantitative estimate of drug-likeness (QED) is 0.869. The molecule has 2 aromatic rings. The highest BCUT2D eigenvalue weighted by molar-refractivity contribution is 5.82. The Morgan fingerprint density at radius 2 is 1.96 bits per heavy atom. The van der Waals surface area contributed by atoms with E-state index in [2.05, 4.69) is 10.4 Å². The molecule has 0 unspecified atom stereocenters. The van der Waals surface area contributed by atoms with Crippen LogP contribution in [0, 0.1) is 19.8 Å². The van der Waals surface area contributed by atoms with Crippen molar-refractivity contribution in [2.75, 3.05) is 0 Å². The van der Waals surface area contributed by atoms with Crippen LogP contribution in [0.25, 0.3) is 5.69 Å². The summed E-state index contributed by atoms with van der Waals surface area (Å²) in [5, 5.41) is 7.42. The first-order chi connectivity index (χ1) is 11.9. The summed E-state index contributed by atoms with van der Waals surface area (Å²) in [6.07, 6.45) is 2.79. The summed E-state index contributed by atoms with van der Waals surface area (Å²) in [7, 11) is 0. The van der Waals surface area contributed by atoms with E-state index in [9.17, 15) is 9.59 Å². The van der Waals surface area contributed by atoms with Crippen molar-refractivity contribution in [1.29, 1.82) is 0 Å². The van der Waals surface area contributed by atoms with Gasteiger partial charge in [-0.05, 0) is 50.5 Å². The van der Waals surface area contributed by atoms with Gasteiger partial charge in [0, 0.05) is 11.7 Å². The third kappa shape index (κ3) is 3.90. The van der Waals surface area contributed by atoms with Crippen molar-refractivity contribution in [3.05, 3.63) is 47.3 Å². The SMILES string of the molecule is Cc1cc(C)n(-c2ccc(CC(=O)N[C@H]3CCC[C@H]3C(N)=O)cc2)n1. The second kappa shape index (κ2) is 7.09. The predicted octanol–water partition coefficient (Wildman–Crippen LogP) is 1.80. The van der Waals surface area contributed by atoms with Gasteiger partial charge < -0.3 is 11.1 Å². The second-order valence-electron chi connectivity index (χ2n) is 6.80. The lowest BCUT2D eigenvalue weighted by molar-refractivity contribution is -0.124. The number of amides is 2. The van der Waals surface area contributed by atoms with Crippen LogP contribution >= 0.6 is 0 Å². The largest absolute Gasteiger partial charge is 0.369 e. The maximum Gasteiger partial charge on any atom is 0.224 e. The van der Waals surface area contributed by atoms with Crippen LogP contribution in [0.4, 0.5) is 0 Å². The fourth-order valence-electron chi connectivity index (χ4n) is 3.56. The molecule has 2 amide bonds. The van der Waals surface area contributed by atoms with Gasteiger partial charge in [-0.25, -0.2) is 4.68 Å². The Labute approximate surface area is 147 Å². The van der Waals surface area contributed by atoms with Crippen LogP contribution in [-0.2, 0) is 16.0 Å². The van der Waals surface area contributed by atoms with E-state index >= 15 is 0 Å². The van der Waals surface area contributed by atoms with E-state index in [0.29, 0.717) is 6.42 Å². The normalized spacial score (nSPS) is 19.8. The van der Waals surface area contributed by atoms with E-state index < -0.39 is 0 Å². The maximum absolute atomic E-state index is 12.3. The number of primary amides is 1. The van der Waals surface area contributed by atoms with Crippen molar-refractivity contribution in [2.24, 2.45) is 11.7 Å². The summed E-state index contributed by atoms with van der Waals surface area (Å²) < 4.78 is 1.88. The molecule has 1 aromatic heterocycles. The average Bonchev–Trinajstić information content (AvgIpc) is 3.14. The van der Waals surface area contributed by atoms with E-state index in [0.717, 1.165) is 41.9 Å². The summed E-state index contributed by atoms with van der Waals surface area (Å²) in [5.41, 5.74) is 9.35. The Hall–Kier alpha value is -2.63. The lowest BCUT2D eigenvalue weighted by Gasteiger charge is -2.18. The summed E-state index contributed by atoms with van der Waals surface area (Å²) in [4.78, 5) is 23.7. The smallest absolute Gasteiger partial charge is 0.224 e. The van der Waals surface area contributed by atoms with Gasteiger partial charge in [0.15, 0.2) is 0 Å². The number of hydrogen-bond acceptors (Lipinski definition) is 3. The molecule has 1 heterocycles. The molecule has 1 fully saturated rings.